The molecule has 0 nitrogen and oxygen atoms in total. The van der Waals surface area contributed by atoms with Gasteiger partial charge in [0.05, 0.1) is 12.0 Å². The maximum atomic E-state index is 12.6. The van der Waals surface area contributed by atoms with Crippen LogP contribution in [0.15, 0.2) is 11.7 Å². The van der Waals surface area contributed by atoms with E-state index >= 15 is 0 Å². The maximum absolute atomic E-state index is 12.6. The minimum absolute atomic E-state index is 2.83. The summed E-state index contributed by atoms with van der Waals surface area (Å²) in [6.07, 6.45) is -6.35. The Morgan fingerprint density at radius 2 is 1.18 bits per heavy atom. The standard InChI is InChI=1S/C7H2F10/c8-3(9)2-1-4(10,11)6(14,15)7(16,17)5(2,12)13/h1H2. The molecule has 1 saturated carbocycles. The number of hydrogen-bond donors (Lipinski definition) is 0. The Kier molecular flexibility index (Phi) is 2.73. The van der Waals surface area contributed by atoms with E-state index in [-0.39, 0.29) is 0 Å². The Hall–Kier alpha value is -0.960. The van der Waals surface area contributed by atoms with E-state index in [0.717, 1.165) is 0 Å². The fourth-order valence-electron chi connectivity index (χ4n) is 1.25. The molecule has 0 amide bonds. The van der Waals surface area contributed by atoms with Gasteiger partial charge in [-0.25, -0.2) is 0 Å². The summed E-state index contributed by atoms with van der Waals surface area (Å²) in [6, 6.07) is 0. The highest BCUT2D eigenvalue weighted by Gasteiger charge is 2.85. The van der Waals surface area contributed by atoms with E-state index in [1.807, 2.05) is 0 Å². The first-order valence-corrected chi connectivity index (χ1v) is 3.85. The number of halogens is 10. The summed E-state index contributed by atoms with van der Waals surface area (Å²) in [5, 5.41) is 0. The molecule has 0 aromatic carbocycles. The zero-order valence-electron chi connectivity index (χ0n) is 7.49. The van der Waals surface area contributed by atoms with E-state index in [9.17, 15) is 43.9 Å². The molecule has 0 radical (unpaired) electrons. The molecule has 17 heavy (non-hydrogen) atoms. The van der Waals surface area contributed by atoms with E-state index in [4.69, 9.17) is 0 Å². The van der Waals surface area contributed by atoms with Gasteiger partial charge in [-0.3, -0.25) is 0 Å². The van der Waals surface area contributed by atoms with Crippen LogP contribution in [0, 0.1) is 0 Å². The molecule has 0 saturated heterocycles. The monoisotopic (exact) mass is 276 g/mol. The Balaban J connectivity index is 3.52. The zero-order chi connectivity index (χ0) is 13.9. The largest absolute Gasteiger partial charge is 0.382 e. The summed E-state index contributed by atoms with van der Waals surface area (Å²) in [6.45, 7) is 0. The summed E-state index contributed by atoms with van der Waals surface area (Å²) in [5.41, 5.74) is -2.97. The summed E-state index contributed by atoms with van der Waals surface area (Å²) in [4.78, 5) is 0. The van der Waals surface area contributed by atoms with E-state index < -0.39 is 41.8 Å². The summed E-state index contributed by atoms with van der Waals surface area (Å²) < 4.78 is 124. The van der Waals surface area contributed by atoms with Crippen LogP contribution in [0.2, 0.25) is 0 Å². The van der Waals surface area contributed by atoms with Crippen LogP contribution in [-0.4, -0.2) is 23.7 Å². The van der Waals surface area contributed by atoms with Gasteiger partial charge in [-0.15, -0.1) is 0 Å². The lowest BCUT2D eigenvalue weighted by Crippen LogP contribution is -2.67. The molecule has 0 aromatic heterocycles. The van der Waals surface area contributed by atoms with Crippen LogP contribution in [-0.2, 0) is 0 Å². The average molecular weight is 276 g/mol. The Morgan fingerprint density at radius 3 is 1.53 bits per heavy atom. The molecule has 0 atom stereocenters. The smallest absolute Gasteiger partial charge is 0.199 e. The van der Waals surface area contributed by atoms with Crippen molar-refractivity contribution < 1.29 is 43.9 Å². The van der Waals surface area contributed by atoms with Gasteiger partial charge in [-0.05, 0) is 0 Å². The summed E-state index contributed by atoms with van der Waals surface area (Å²) >= 11 is 0. The molecule has 10 heteroatoms. The van der Waals surface area contributed by atoms with Crippen molar-refractivity contribution in [1.82, 2.24) is 0 Å². The van der Waals surface area contributed by atoms with Crippen molar-refractivity contribution in [3.05, 3.63) is 11.7 Å². The minimum atomic E-state index is -6.60. The third kappa shape index (κ3) is 1.52. The first-order valence-electron chi connectivity index (χ1n) is 3.85. The van der Waals surface area contributed by atoms with Crippen molar-refractivity contribution in [2.24, 2.45) is 0 Å². The van der Waals surface area contributed by atoms with E-state index in [1.54, 1.807) is 0 Å². The number of allylic oxidation sites excluding steroid dienone is 1. The van der Waals surface area contributed by atoms with Crippen LogP contribution in [0.25, 0.3) is 0 Å². The molecule has 1 rings (SSSR count). The molecule has 0 unspecified atom stereocenters. The zero-order valence-corrected chi connectivity index (χ0v) is 7.49. The van der Waals surface area contributed by atoms with Crippen molar-refractivity contribution in [3.8, 4) is 0 Å². The maximum Gasteiger partial charge on any atom is 0.382 e. The highest BCUT2D eigenvalue weighted by atomic mass is 19.4. The normalized spacial score (nSPS) is 28.9. The molecule has 0 N–H and O–H groups in total. The van der Waals surface area contributed by atoms with Crippen molar-refractivity contribution in [1.29, 1.82) is 0 Å². The number of rotatable bonds is 0. The van der Waals surface area contributed by atoms with Crippen molar-refractivity contribution in [2.75, 3.05) is 0 Å². The third-order valence-corrected chi connectivity index (χ3v) is 2.25. The molecular formula is C7H2F10. The molecule has 0 aromatic rings. The predicted molar refractivity (Wildman–Crippen MR) is 33.6 cm³/mol. The summed E-state index contributed by atoms with van der Waals surface area (Å²) in [7, 11) is 0. The van der Waals surface area contributed by atoms with Gasteiger partial charge in [0.1, 0.15) is 0 Å². The van der Waals surface area contributed by atoms with Gasteiger partial charge >= 0.3 is 23.7 Å². The van der Waals surface area contributed by atoms with Gasteiger partial charge in [0, 0.05) is 0 Å². The first kappa shape index (κ1) is 14.1. The first-order chi connectivity index (χ1) is 7.29. The molecule has 1 aliphatic rings. The van der Waals surface area contributed by atoms with Gasteiger partial charge in [0.15, 0.2) is 0 Å². The minimum Gasteiger partial charge on any atom is -0.199 e. The Bertz CT molecular complexity index is 361. The lowest BCUT2D eigenvalue weighted by atomic mass is 9.82. The van der Waals surface area contributed by atoms with Gasteiger partial charge < -0.3 is 0 Å². The predicted octanol–water partition coefficient (Wildman–Crippen LogP) is 4.08. The Labute approximate surface area is 86.9 Å². The van der Waals surface area contributed by atoms with Crippen LogP contribution in [0.5, 0.6) is 0 Å². The third-order valence-electron chi connectivity index (χ3n) is 2.25. The van der Waals surface area contributed by atoms with Gasteiger partial charge in [-0.1, -0.05) is 0 Å². The van der Waals surface area contributed by atoms with Gasteiger partial charge in [0.2, 0.25) is 0 Å². The lowest BCUT2D eigenvalue weighted by Gasteiger charge is -2.42. The number of hydrogen-bond acceptors (Lipinski definition) is 0. The molecule has 0 aliphatic heterocycles. The molecular weight excluding hydrogens is 274 g/mol. The molecule has 1 aliphatic carbocycles. The van der Waals surface area contributed by atoms with Crippen LogP contribution >= 0.6 is 0 Å². The molecule has 0 spiro atoms. The second-order valence-corrected chi connectivity index (χ2v) is 3.34. The van der Waals surface area contributed by atoms with Crippen molar-refractivity contribution >= 4 is 0 Å². The van der Waals surface area contributed by atoms with Crippen molar-refractivity contribution in [3.63, 3.8) is 0 Å². The summed E-state index contributed by atoms with van der Waals surface area (Å²) in [5.74, 6) is -24.7. The van der Waals surface area contributed by atoms with E-state index in [0.29, 0.717) is 0 Å². The second kappa shape index (κ2) is 3.29. The van der Waals surface area contributed by atoms with Gasteiger partial charge in [-0.2, -0.15) is 43.9 Å². The molecule has 0 bridgehead atoms. The highest BCUT2D eigenvalue weighted by Crippen LogP contribution is 2.62. The Morgan fingerprint density at radius 1 is 0.765 bits per heavy atom. The second-order valence-electron chi connectivity index (χ2n) is 3.34. The SMILES string of the molecule is FC(F)=C1CC(F)(F)C(F)(F)C(F)(F)C1(F)F. The fraction of sp³-hybridized carbons (Fsp3) is 0.714. The van der Waals surface area contributed by atoms with E-state index in [1.165, 1.54) is 0 Å². The number of alkyl halides is 8. The van der Waals surface area contributed by atoms with Crippen LogP contribution in [0.1, 0.15) is 6.42 Å². The fourth-order valence-corrected chi connectivity index (χ4v) is 1.25. The molecule has 100 valence electrons. The van der Waals surface area contributed by atoms with Gasteiger partial charge in [0.25, 0.3) is 6.08 Å². The van der Waals surface area contributed by atoms with Crippen LogP contribution in [0.3, 0.4) is 0 Å². The lowest BCUT2D eigenvalue weighted by molar-refractivity contribution is -0.375. The molecule has 1 fully saturated rings. The quantitative estimate of drug-likeness (QED) is 0.585. The van der Waals surface area contributed by atoms with E-state index in [2.05, 4.69) is 0 Å². The van der Waals surface area contributed by atoms with Crippen LogP contribution in [0.4, 0.5) is 43.9 Å². The van der Waals surface area contributed by atoms with Crippen LogP contribution < -0.4 is 0 Å². The average Bonchev–Trinajstić information content (AvgIpc) is 2.11. The van der Waals surface area contributed by atoms with Crippen molar-refractivity contribution in [2.45, 2.75) is 30.1 Å². The molecule has 0 heterocycles. The topological polar surface area (TPSA) is 0 Å². The highest BCUT2D eigenvalue weighted by molar-refractivity contribution is 5.29.